The summed E-state index contributed by atoms with van der Waals surface area (Å²) in [6.45, 7) is 1.70. The summed E-state index contributed by atoms with van der Waals surface area (Å²) in [5, 5.41) is 0. The minimum absolute atomic E-state index is 0.0785. The molecule has 0 bridgehead atoms. The first-order valence-electron chi connectivity index (χ1n) is 8.60. The van der Waals surface area contributed by atoms with E-state index in [1.165, 1.54) is 19.0 Å². The SMILES string of the molecule is O=C1c2ccncc2C(=O)c2c1ccn2CCCCCCC1CO1. The fourth-order valence-corrected chi connectivity index (χ4v) is 3.38. The molecular formula is C19H20N2O3. The van der Waals surface area contributed by atoms with Gasteiger partial charge in [0.05, 0.1) is 23.8 Å². The molecule has 1 aliphatic heterocycles. The van der Waals surface area contributed by atoms with Gasteiger partial charge in [0.25, 0.3) is 0 Å². The second-order valence-electron chi connectivity index (χ2n) is 6.51. The Morgan fingerprint density at radius 3 is 2.71 bits per heavy atom. The third-order valence-electron chi connectivity index (χ3n) is 4.81. The van der Waals surface area contributed by atoms with Crippen molar-refractivity contribution >= 4 is 11.6 Å². The lowest BCUT2D eigenvalue weighted by molar-refractivity contribution is 0.0973. The van der Waals surface area contributed by atoms with Gasteiger partial charge in [0.2, 0.25) is 5.78 Å². The molecule has 3 heterocycles. The fraction of sp³-hybridized carbons (Fsp3) is 0.421. The van der Waals surface area contributed by atoms with Crippen molar-refractivity contribution in [1.29, 1.82) is 0 Å². The van der Waals surface area contributed by atoms with Crippen LogP contribution in [0.1, 0.15) is 64.1 Å². The van der Waals surface area contributed by atoms with Crippen LogP contribution < -0.4 is 0 Å². The lowest BCUT2D eigenvalue weighted by atomic mass is 9.89. The van der Waals surface area contributed by atoms with Gasteiger partial charge in [-0.25, -0.2) is 0 Å². The van der Waals surface area contributed by atoms with Crippen LogP contribution in [-0.4, -0.2) is 33.8 Å². The molecule has 24 heavy (non-hydrogen) atoms. The highest BCUT2D eigenvalue weighted by molar-refractivity contribution is 6.27. The summed E-state index contributed by atoms with van der Waals surface area (Å²) >= 11 is 0. The molecule has 5 nitrogen and oxygen atoms in total. The summed E-state index contributed by atoms with van der Waals surface area (Å²) in [6.07, 6.45) is 11.1. The van der Waals surface area contributed by atoms with Gasteiger partial charge in [-0.3, -0.25) is 14.6 Å². The van der Waals surface area contributed by atoms with E-state index in [0.29, 0.717) is 28.5 Å². The average Bonchev–Trinajstić information content (AvgIpc) is 3.33. The zero-order valence-corrected chi connectivity index (χ0v) is 13.5. The van der Waals surface area contributed by atoms with E-state index in [2.05, 4.69) is 4.98 Å². The van der Waals surface area contributed by atoms with Crippen LogP contribution in [0, 0.1) is 0 Å². The molecule has 124 valence electrons. The molecule has 0 aromatic carbocycles. The van der Waals surface area contributed by atoms with Crippen molar-refractivity contribution in [3.8, 4) is 0 Å². The lowest BCUT2D eigenvalue weighted by Crippen LogP contribution is -2.23. The molecule has 1 aliphatic carbocycles. The summed E-state index contributed by atoms with van der Waals surface area (Å²) in [5.41, 5.74) is 1.92. The van der Waals surface area contributed by atoms with Gasteiger partial charge in [0, 0.05) is 30.7 Å². The monoisotopic (exact) mass is 324 g/mol. The minimum Gasteiger partial charge on any atom is -0.373 e. The third-order valence-corrected chi connectivity index (χ3v) is 4.81. The molecule has 1 saturated heterocycles. The maximum Gasteiger partial charge on any atom is 0.212 e. The molecule has 0 amide bonds. The van der Waals surface area contributed by atoms with Gasteiger partial charge < -0.3 is 9.30 Å². The number of fused-ring (bicyclic) bond motifs is 2. The number of unbranched alkanes of at least 4 members (excludes halogenated alkanes) is 3. The van der Waals surface area contributed by atoms with Crippen LogP contribution in [0.3, 0.4) is 0 Å². The second kappa shape index (κ2) is 6.32. The molecule has 0 radical (unpaired) electrons. The standard InChI is InChI=1S/C19H20N2O3/c22-18-14-6-8-20-11-16(14)19(23)17-15(18)7-10-21(17)9-4-2-1-3-5-13-12-24-13/h6-8,10-11,13H,1-5,9,12H2. The summed E-state index contributed by atoms with van der Waals surface area (Å²) in [7, 11) is 0. The Labute approximate surface area is 140 Å². The fourth-order valence-electron chi connectivity index (χ4n) is 3.38. The Kier molecular flexibility index (Phi) is 4.02. The molecule has 1 unspecified atom stereocenters. The predicted molar refractivity (Wildman–Crippen MR) is 88.4 cm³/mol. The number of aryl methyl sites for hydroxylation is 1. The van der Waals surface area contributed by atoms with E-state index >= 15 is 0 Å². The predicted octanol–water partition coefficient (Wildman–Crippen LogP) is 3.01. The van der Waals surface area contributed by atoms with E-state index in [9.17, 15) is 9.59 Å². The topological polar surface area (TPSA) is 64.5 Å². The number of carbonyl (C=O) groups excluding carboxylic acids is 2. The maximum absolute atomic E-state index is 12.7. The van der Waals surface area contributed by atoms with Crippen LogP contribution in [0.5, 0.6) is 0 Å². The van der Waals surface area contributed by atoms with Crippen molar-refractivity contribution in [2.24, 2.45) is 0 Å². The van der Waals surface area contributed by atoms with Crippen molar-refractivity contribution in [1.82, 2.24) is 9.55 Å². The number of aromatic nitrogens is 2. The Morgan fingerprint density at radius 2 is 1.88 bits per heavy atom. The second-order valence-corrected chi connectivity index (χ2v) is 6.51. The number of carbonyl (C=O) groups is 2. The number of ketones is 2. The summed E-state index contributed by atoms with van der Waals surface area (Å²) in [4.78, 5) is 29.3. The number of ether oxygens (including phenoxy) is 1. The van der Waals surface area contributed by atoms with E-state index in [1.807, 2.05) is 10.8 Å². The number of hydrogen-bond acceptors (Lipinski definition) is 4. The van der Waals surface area contributed by atoms with Crippen LogP contribution in [-0.2, 0) is 11.3 Å². The first kappa shape index (κ1) is 15.3. The number of pyridine rings is 1. The van der Waals surface area contributed by atoms with Gasteiger partial charge >= 0.3 is 0 Å². The zero-order valence-electron chi connectivity index (χ0n) is 13.5. The van der Waals surface area contributed by atoms with Gasteiger partial charge in [0.15, 0.2) is 5.78 Å². The highest BCUT2D eigenvalue weighted by Gasteiger charge is 2.32. The smallest absolute Gasteiger partial charge is 0.212 e. The van der Waals surface area contributed by atoms with Crippen molar-refractivity contribution in [3.05, 3.63) is 53.1 Å². The minimum atomic E-state index is -0.0939. The Bertz CT molecular complexity index is 790. The Morgan fingerprint density at radius 1 is 1.04 bits per heavy atom. The van der Waals surface area contributed by atoms with Crippen LogP contribution in [0.4, 0.5) is 0 Å². The van der Waals surface area contributed by atoms with E-state index in [4.69, 9.17) is 4.74 Å². The van der Waals surface area contributed by atoms with E-state index in [0.717, 1.165) is 32.4 Å². The van der Waals surface area contributed by atoms with Crippen molar-refractivity contribution in [2.45, 2.75) is 44.8 Å². The molecule has 4 rings (SSSR count). The van der Waals surface area contributed by atoms with E-state index in [1.54, 1.807) is 18.3 Å². The molecular weight excluding hydrogens is 304 g/mol. The number of epoxide rings is 1. The number of nitrogens with zero attached hydrogens (tertiary/aromatic N) is 2. The van der Waals surface area contributed by atoms with Crippen LogP contribution in [0.15, 0.2) is 30.7 Å². The highest BCUT2D eigenvalue weighted by atomic mass is 16.6. The van der Waals surface area contributed by atoms with Gasteiger partial charge in [-0.2, -0.15) is 0 Å². The molecule has 0 spiro atoms. The van der Waals surface area contributed by atoms with E-state index in [-0.39, 0.29) is 11.6 Å². The zero-order chi connectivity index (χ0) is 16.5. The largest absolute Gasteiger partial charge is 0.373 e. The molecule has 2 aliphatic rings. The van der Waals surface area contributed by atoms with Gasteiger partial charge in [0.1, 0.15) is 5.69 Å². The molecule has 1 atom stereocenters. The maximum atomic E-state index is 12.7. The summed E-state index contributed by atoms with van der Waals surface area (Å²) in [6, 6.07) is 3.39. The van der Waals surface area contributed by atoms with Crippen molar-refractivity contribution in [3.63, 3.8) is 0 Å². The molecule has 5 heteroatoms. The van der Waals surface area contributed by atoms with Gasteiger partial charge in [-0.1, -0.05) is 19.3 Å². The van der Waals surface area contributed by atoms with Crippen LogP contribution in [0.25, 0.3) is 0 Å². The number of hydrogen-bond donors (Lipinski definition) is 0. The Balaban J connectivity index is 1.42. The highest BCUT2D eigenvalue weighted by Crippen LogP contribution is 2.27. The molecule has 2 aromatic rings. The van der Waals surface area contributed by atoms with Crippen molar-refractivity contribution in [2.75, 3.05) is 6.61 Å². The molecule has 0 saturated carbocycles. The summed E-state index contributed by atoms with van der Waals surface area (Å²) < 4.78 is 7.13. The Hall–Kier alpha value is -2.27. The first-order chi connectivity index (χ1) is 11.8. The lowest BCUT2D eigenvalue weighted by Gasteiger charge is -2.16. The third kappa shape index (κ3) is 2.80. The van der Waals surface area contributed by atoms with Gasteiger partial charge in [-0.15, -0.1) is 0 Å². The average molecular weight is 324 g/mol. The molecule has 0 N–H and O–H groups in total. The quantitative estimate of drug-likeness (QED) is 0.495. The normalized spacial score (nSPS) is 18.4. The molecule has 1 fully saturated rings. The van der Waals surface area contributed by atoms with Crippen molar-refractivity contribution < 1.29 is 14.3 Å². The molecule has 2 aromatic heterocycles. The van der Waals surface area contributed by atoms with Crippen LogP contribution in [0.2, 0.25) is 0 Å². The summed E-state index contributed by atoms with van der Waals surface area (Å²) in [5.74, 6) is -0.172. The van der Waals surface area contributed by atoms with Gasteiger partial charge in [-0.05, 0) is 25.0 Å². The van der Waals surface area contributed by atoms with Crippen LogP contribution >= 0.6 is 0 Å². The van der Waals surface area contributed by atoms with E-state index < -0.39 is 0 Å². The number of rotatable bonds is 7. The first-order valence-corrected chi connectivity index (χ1v) is 8.60.